The molecular weight excluding hydrogens is 270 g/mol. The lowest BCUT2D eigenvalue weighted by Gasteiger charge is -2.18. The number of halogens is 1. The maximum absolute atomic E-state index is 5.75. The molecule has 16 heavy (non-hydrogen) atoms. The van der Waals surface area contributed by atoms with Crippen LogP contribution in [0.1, 0.15) is 24.0 Å². The van der Waals surface area contributed by atoms with Gasteiger partial charge < -0.3 is 15.2 Å². The summed E-state index contributed by atoms with van der Waals surface area (Å²) in [5.41, 5.74) is 8.19. The van der Waals surface area contributed by atoms with E-state index in [0.717, 1.165) is 29.0 Å². The predicted molar refractivity (Wildman–Crippen MR) is 67.4 cm³/mol. The molecule has 0 saturated carbocycles. The number of benzene rings is 1. The molecule has 1 aliphatic heterocycles. The highest BCUT2D eigenvalue weighted by molar-refractivity contribution is 9.10. The largest absolute Gasteiger partial charge is 0.496 e. The van der Waals surface area contributed by atoms with Crippen LogP contribution in [0.25, 0.3) is 0 Å². The summed E-state index contributed by atoms with van der Waals surface area (Å²) in [6.45, 7) is 3.47. The summed E-state index contributed by atoms with van der Waals surface area (Å²) >= 11 is 3.51. The van der Waals surface area contributed by atoms with Crippen LogP contribution in [0.3, 0.4) is 0 Å². The lowest BCUT2D eigenvalue weighted by Crippen LogP contribution is -2.12. The van der Waals surface area contributed by atoms with Crippen molar-refractivity contribution in [2.75, 3.05) is 20.3 Å². The van der Waals surface area contributed by atoms with Gasteiger partial charge in [0.1, 0.15) is 11.5 Å². The van der Waals surface area contributed by atoms with E-state index >= 15 is 0 Å². The zero-order valence-corrected chi connectivity index (χ0v) is 11.1. The van der Waals surface area contributed by atoms with Crippen LogP contribution in [-0.4, -0.2) is 20.3 Å². The number of rotatable bonds is 3. The predicted octanol–water partition coefficient (Wildman–Crippen LogP) is 2.45. The second kappa shape index (κ2) is 4.63. The molecule has 3 nitrogen and oxygen atoms in total. The SMILES string of the molecule is COc1cc(Br)c2c(c1C(C)CN)CCO2. The maximum Gasteiger partial charge on any atom is 0.137 e. The Morgan fingerprint density at radius 1 is 1.62 bits per heavy atom. The van der Waals surface area contributed by atoms with Crippen molar-refractivity contribution in [3.63, 3.8) is 0 Å². The van der Waals surface area contributed by atoms with E-state index in [1.807, 2.05) is 6.07 Å². The Labute approximate surface area is 104 Å². The van der Waals surface area contributed by atoms with Gasteiger partial charge in [-0.25, -0.2) is 0 Å². The first kappa shape index (κ1) is 11.7. The van der Waals surface area contributed by atoms with Crippen molar-refractivity contribution in [1.82, 2.24) is 0 Å². The van der Waals surface area contributed by atoms with Crippen molar-refractivity contribution in [1.29, 1.82) is 0 Å². The first-order valence-electron chi connectivity index (χ1n) is 5.41. The Balaban J connectivity index is 2.60. The van der Waals surface area contributed by atoms with Crippen molar-refractivity contribution < 1.29 is 9.47 Å². The van der Waals surface area contributed by atoms with Crippen LogP contribution in [0.15, 0.2) is 10.5 Å². The average molecular weight is 286 g/mol. The van der Waals surface area contributed by atoms with Crippen LogP contribution in [0, 0.1) is 0 Å². The molecule has 0 radical (unpaired) electrons. The minimum Gasteiger partial charge on any atom is -0.496 e. The van der Waals surface area contributed by atoms with Gasteiger partial charge in [-0.3, -0.25) is 0 Å². The van der Waals surface area contributed by atoms with Gasteiger partial charge in [0.25, 0.3) is 0 Å². The van der Waals surface area contributed by atoms with Crippen molar-refractivity contribution in [3.05, 3.63) is 21.7 Å². The molecule has 2 N–H and O–H groups in total. The highest BCUT2D eigenvalue weighted by Crippen LogP contribution is 2.43. The number of ether oxygens (including phenoxy) is 2. The number of hydrogen-bond acceptors (Lipinski definition) is 3. The molecule has 0 saturated heterocycles. The minimum atomic E-state index is 0.290. The molecule has 1 unspecified atom stereocenters. The fourth-order valence-corrected chi connectivity index (χ4v) is 2.72. The molecule has 0 bridgehead atoms. The molecule has 88 valence electrons. The maximum atomic E-state index is 5.75. The first-order chi connectivity index (χ1) is 7.69. The van der Waals surface area contributed by atoms with E-state index in [1.54, 1.807) is 7.11 Å². The summed E-state index contributed by atoms with van der Waals surface area (Å²) in [4.78, 5) is 0. The molecule has 1 atom stereocenters. The van der Waals surface area contributed by atoms with E-state index < -0.39 is 0 Å². The van der Waals surface area contributed by atoms with Crippen molar-refractivity contribution in [2.24, 2.45) is 5.73 Å². The molecule has 0 aromatic heterocycles. The molecule has 2 rings (SSSR count). The summed E-state index contributed by atoms with van der Waals surface area (Å²) in [6, 6.07) is 1.96. The van der Waals surface area contributed by atoms with Crippen LogP contribution < -0.4 is 15.2 Å². The second-order valence-electron chi connectivity index (χ2n) is 4.02. The van der Waals surface area contributed by atoms with Gasteiger partial charge in [-0.15, -0.1) is 0 Å². The van der Waals surface area contributed by atoms with Gasteiger partial charge in [-0.2, -0.15) is 0 Å². The van der Waals surface area contributed by atoms with Crippen molar-refractivity contribution in [3.8, 4) is 11.5 Å². The van der Waals surface area contributed by atoms with E-state index in [2.05, 4.69) is 22.9 Å². The molecule has 1 heterocycles. The van der Waals surface area contributed by atoms with Gasteiger partial charge in [0.15, 0.2) is 0 Å². The van der Waals surface area contributed by atoms with Gasteiger partial charge in [0.05, 0.1) is 18.2 Å². The van der Waals surface area contributed by atoms with Crippen molar-refractivity contribution in [2.45, 2.75) is 19.3 Å². The molecule has 0 amide bonds. The molecule has 1 aliphatic rings. The molecule has 0 fully saturated rings. The van der Waals surface area contributed by atoms with Crippen LogP contribution in [0.4, 0.5) is 0 Å². The lowest BCUT2D eigenvalue weighted by molar-refractivity contribution is 0.354. The molecule has 1 aromatic carbocycles. The van der Waals surface area contributed by atoms with E-state index in [9.17, 15) is 0 Å². The Morgan fingerprint density at radius 3 is 3.00 bits per heavy atom. The van der Waals surface area contributed by atoms with E-state index in [-0.39, 0.29) is 0 Å². The number of fused-ring (bicyclic) bond motifs is 1. The zero-order valence-electron chi connectivity index (χ0n) is 9.55. The van der Waals surface area contributed by atoms with Gasteiger partial charge in [-0.1, -0.05) is 6.92 Å². The third kappa shape index (κ3) is 1.80. The monoisotopic (exact) mass is 285 g/mol. The van der Waals surface area contributed by atoms with Crippen LogP contribution >= 0.6 is 15.9 Å². The van der Waals surface area contributed by atoms with Gasteiger partial charge in [0, 0.05) is 17.5 Å². The third-order valence-electron chi connectivity index (χ3n) is 3.00. The standard InChI is InChI=1S/C12H16BrNO2/c1-7(6-14)11-8-3-4-16-12(8)9(13)5-10(11)15-2/h5,7H,3-4,6,14H2,1-2H3. The Bertz CT molecular complexity index is 406. The Kier molecular flexibility index (Phi) is 3.40. The van der Waals surface area contributed by atoms with Crippen molar-refractivity contribution >= 4 is 15.9 Å². The summed E-state index contributed by atoms with van der Waals surface area (Å²) in [5, 5.41) is 0. The van der Waals surface area contributed by atoms with Crippen LogP contribution in [-0.2, 0) is 6.42 Å². The highest BCUT2D eigenvalue weighted by atomic mass is 79.9. The second-order valence-corrected chi connectivity index (χ2v) is 4.87. The van der Waals surface area contributed by atoms with E-state index in [4.69, 9.17) is 15.2 Å². The normalized spacial score (nSPS) is 15.5. The van der Waals surface area contributed by atoms with E-state index in [0.29, 0.717) is 12.5 Å². The summed E-state index contributed by atoms with van der Waals surface area (Å²) in [6.07, 6.45) is 0.935. The number of nitrogens with two attached hydrogens (primary N) is 1. The molecule has 0 aliphatic carbocycles. The minimum absolute atomic E-state index is 0.290. The van der Waals surface area contributed by atoms with Gasteiger partial charge in [-0.05, 0) is 34.5 Å². The quantitative estimate of drug-likeness (QED) is 0.928. The molecule has 4 heteroatoms. The van der Waals surface area contributed by atoms with E-state index in [1.165, 1.54) is 11.1 Å². The summed E-state index contributed by atoms with van der Waals surface area (Å²) in [5.74, 6) is 2.14. The summed E-state index contributed by atoms with van der Waals surface area (Å²) in [7, 11) is 1.69. The highest BCUT2D eigenvalue weighted by Gasteiger charge is 2.25. The third-order valence-corrected chi connectivity index (χ3v) is 3.59. The number of methoxy groups -OCH3 is 1. The first-order valence-corrected chi connectivity index (χ1v) is 6.20. The fraction of sp³-hybridized carbons (Fsp3) is 0.500. The Hall–Kier alpha value is -0.740. The zero-order chi connectivity index (χ0) is 11.7. The van der Waals surface area contributed by atoms with Gasteiger partial charge in [0.2, 0.25) is 0 Å². The molecular formula is C12H16BrNO2. The Morgan fingerprint density at radius 2 is 2.38 bits per heavy atom. The smallest absolute Gasteiger partial charge is 0.137 e. The van der Waals surface area contributed by atoms with Crippen LogP contribution in [0.2, 0.25) is 0 Å². The van der Waals surface area contributed by atoms with Gasteiger partial charge >= 0.3 is 0 Å². The number of hydrogen-bond donors (Lipinski definition) is 1. The summed E-state index contributed by atoms with van der Waals surface area (Å²) < 4.78 is 12.0. The topological polar surface area (TPSA) is 44.5 Å². The average Bonchev–Trinajstić information content (AvgIpc) is 2.77. The molecule has 1 aromatic rings. The van der Waals surface area contributed by atoms with Crippen LogP contribution in [0.5, 0.6) is 11.5 Å². The lowest BCUT2D eigenvalue weighted by atomic mass is 9.93. The fourth-order valence-electron chi connectivity index (χ4n) is 2.16. The molecule has 0 spiro atoms.